The van der Waals surface area contributed by atoms with Crippen molar-refractivity contribution in [2.45, 2.75) is 84.0 Å². The lowest BCUT2D eigenvalue weighted by atomic mass is 10.1. The third-order valence-corrected chi connectivity index (χ3v) is 4.66. The molecule has 156 valence electrons. The molecule has 0 unspecified atom stereocenters. The first-order valence-corrected chi connectivity index (χ1v) is 10.9. The van der Waals surface area contributed by atoms with E-state index in [4.69, 9.17) is 0 Å². The maximum absolute atomic E-state index is 11.8. The lowest BCUT2D eigenvalue weighted by molar-refractivity contribution is -0.126. The number of nitrogens with one attached hydrogen (secondary N) is 2. The minimum atomic E-state index is -0.320. The minimum absolute atomic E-state index is 0.0387. The van der Waals surface area contributed by atoms with Gasteiger partial charge in [-0.15, -0.1) is 0 Å². The van der Waals surface area contributed by atoms with Crippen LogP contribution in [0.4, 0.5) is 0 Å². The maximum Gasteiger partial charge on any atom is 0.259 e. The highest BCUT2D eigenvalue weighted by Crippen LogP contribution is 2.11. The Morgan fingerprint density at radius 2 is 1.39 bits per heavy atom. The third-order valence-electron chi connectivity index (χ3n) is 4.66. The second kappa shape index (κ2) is 17.0. The molecule has 0 heterocycles. The van der Waals surface area contributed by atoms with Crippen molar-refractivity contribution in [3.05, 3.63) is 35.9 Å². The van der Waals surface area contributed by atoms with Gasteiger partial charge in [-0.2, -0.15) is 5.10 Å². The summed E-state index contributed by atoms with van der Waals surface area (Å²) in [7, 11) is 0. The summed E-state index contributed by atoms with van der Waals surface area (Å²) in [5, 5.41) is 6.52. The molecule has 0 aliphatic rings. The molecule has 1 aromatic rings. The van der Waals surface area contributed by atoms with Gasteiger partial charge in [0.1, 0.15) is 0 Å². The van der Waals surface area contributed by atoms with Gasteiger partial charge in [-0.05, 0) is 12.0 Å². The van der Waals surface area contributed by atoms with Crippen molar-refractivity contribution in [2.75, 3.05) is 6.54 Å². The Balaban J connectivity index is 1.92. The number of amides is 2. The van der Waals surface area contributed by atoms with Gasteiger partial charge in [0.2, 0.25) is 5.91 Å². The predicted molar refractivity (Wildman–Crippen MR) is 116 cm³/mol. The number of hydrazone groups is 1. The Bertz CT molecular complexity index is 558. The summed E-state index contributed by atoms with van der Waals surface area (Å²) in [5.41, 5.74) is 3.32. The van der Waals surface area contributed by atoms with Crippen LogP contribution < -0.4 is 10.7 Å². The van der Waals surface area contributed by atoms with Crippen molar-refractivity contribution in [2.24, 2.45) is 5.10 Å². The summed E-state index contributed by atoms with van der Waals surface area (Å²) >= 11 is 0. The fourth-order valence-electron chi connectivity index (χ4n) is 2.97. The largest absolute Gasteiger partial charge is 0.347 e. The molecule has 0 radical (unpaired) electrons. The van der Waals surface area contributed by atoms with Gasteiger partial charge in [0, 0.05) is 6.42 Å². The van der Waals surface area contributed by atoms with E-state index < -0.39 is 0 Å². The standard InChI is InChI=1S/C23H37N3O2/c1-2-3-4-5-6-7-8-9-10-11-15-18-22(27)24-20-23(28)26-25-19-21-16-13-12-14-17-21/h12-14,16-17,19H,2-11,15,18,20H2,1H3,(H,24,27)(H,26,28). The molecule has 0 bridgehead atoms. The number of rotatable bonds is 16. The van der Waals surface area contributed by atoms with Gasteiger partial charge < -0.3 is 5.32 Å². The van der Waals surface area contributed by atoms with Crippen LogP contribution in [0.15, 0.2) is 35.4 Å². The Labute approximate surface area is 170 Å². The Kier molecular flexibility index (Phi) is 14.5. The van der Waals surface area contributed by atoms with Crippen LogP contribution in [0.1, 0.15) is 89.5 Å². The second-order valence-corrected chi connectivity index (χ2v) is 7.27. The number of carbonyl (C=O) groups is 2. The van der Waals surface area contributed by atoms with Gasteiger partial charge in [0.05, 0.1) is 12.8 Å². The summed E-state index contributed by atoms with van der Waals surface area (Å²) < 4.78 is 0. The molecule has 5 nitrogen and oxygen atoms in total. The number of benzene rings is 1. The molecule has 0 aliphatic carbocycles. The molecule has 28 heavy (non-hydrogen) atoms. The van der Waals surface area contributed by atoms with Crippen molar-refractivity contribution in [1.82, 2.24) is 10.7 Å². The molecule has 0 aliphatic heterocycles. The molecule has 0 spiro atoms. The summed E-state index contributed by atoms with van der Waals surface area (Å²) in [5.74, 6) is -0.391. The summed E-state index contributed by atoms with van der Waals surface area (Å²) in [6, 6.07) is 9.51. The highest BCUT2D eigenvalue weighted by Gasteiger charge is 2.04. The van der Waals surface area contributed by atoms with Crippen LogP contribution in [0.2, 0.25) is 0 Å². The number of hydrogen-bond donors (Lipinski definition) is 2. The zero-order valence-corrected chi connectivity index (χ0v) is 17.4. The monoisotopic (exact) mass is 387 g/mol. The maximum atomic E-state index is 11.8. The molecule has 0 saturated heterocycles. The van der Waals surface area contributed by atoms with Crippen LogP contribution in [0.3, 0.4) is 0 Å². The van der Waals surface area contributed by atoms with Crippen molar-refractivity contribution >= 4 is 18.0 Å². The molecule has 1 aromatic carbocycles. The van der Waals surface area contributed by atoms with Gasteiger partial charge in [-0.1, -0.05) is 101 Å². The summed E-state index contributed by atoms with van der Waals surface area (Å²) in [6.07, 6.45) is 15.9. The van der Waals surface area contributed by atoms with Gasteiger partial charge in [0.15, 0.2) is 0 Å². The zero-order chi connectivity index (χ0) is 20.3. The van der Waals surface area contributed by atoms with E-state index in [1.165, 1.54) is 57.8 Å². The Morgan fingerprint density at radius 1 is 0.821 bits per heavy atom. The molecule has 0 aromatic heterocycles. The molecule has 0 saturated carbocycles. The fourth-order valence-corrected chi connectivity index (χ4v) is 2.97. The molecule has 1 rings (SSSR count). The first kappa shape index (κ1) is 23.9. The first-order valence-electron chi connectivity index (χ1n) is 10.9. The van der Waals surface area contributed by atoms with Crippen LogP contribution in [0.5, 0.6) is 0 Å². The minimum Gasteiger partial charge on any atom is -0.347 e. The summed E-state index contributed by atoms with van der Waals surface area (Å²) in [4.78, 5) is 23.4. The van der Waals surface area contributed by atoms with E-state index in [-0.39, 0.29) is 18.4 Å². The number of unbranched alkanes of at least 4 members (excludes halogenated alkanes) is 10. The van der Waals surface area contributed by atoms with Crippen molar-refractivity contribution in [1.29, 1.82) is 0 Å². The molecule has 5 heteroatoms. The van der Waals surface area contributed by atoms with E-state index >= 15 is 0 Å². The quantitative estimate of drug-likeness (QED) is 0.239. The van der Waals surface area contributed by atoms with E-state index in [1.807, 2.05) is 30.3 Å². The van der Waals surface area contributed by atoms with Crippen LogP contribution >= 0.6 is 0 Å². The number of nitrogens with zero attached hydrogens (tertiary/aromatic N) is 1. The Hall–Kier alpha value is -2.17. The van der Waals surface area contributed by atoms with E-state index in [2.05, 4.69) is 22.8 Å². The average Bonchev–Trinajstić information content (AvgIpc) is 2.71. The average molecular weight is 388 g/mol. The highest BCUT2D eigenvalue weighted by molar-refractivity contribution is 5.86. The van der Waals surface area contributed by atoms with E-state index in [0.717, 1.165) is 18.4 Å². The normalized spacial score (nSPS) is 10.9. The lowest BCUT2D eigenvalue weighted by Crippen LogP contribution is -2.34. The Morgan fingerprint density at radius 3 is 2.00 bits per heavy atom. The van der Waals surface area contributed by atoms with Gasteiger partial charge in [-0.3, -0.25) is 9.59 Å². The van der Waals surface area contributed by atoms with Gasteiger partial charge in [-0.25, -0.2) is 5.43 Å². The molecule has 2 amide bonds. The zero-order valence-electron chi connectivity index (χ0n) is 17.4. The summed E-state index contributed by atoms with van der Waals surface area (Å²) in [6.45, 7) is 2.21. The molecule has 2 N–H and O–H groups in total. The smallest absolute Gasteiger partial charge is 0.259 e. The van der Waals surface area contributed by atoms with Crippen molar-refractivity contribution in [3.8, 4) is 0 Å². The molecular formula is C23H37N3O2. The topological polar surface area (TPSA) is 70.6 Å². The molecule has 0 fully saturated rings. The van der Waals surface area contributed by atoms with E-state index in [0.29, 0.717) is 6.42 Å². The number of carbonyl (C=O) groups excluding carboxylic acids is 2. The third kappa shape index (κ3) is 14.0. The predicted octanol–water partition coefficient (Wildman–Crippen LogP) is 4.95. The van der Waals surface area contributed by atoms with Crippen molar-refractivity contribution < 1.29 is 9.59 Å². The second-order valence-electron chi connectivity index (χ2n) is 7.27. The van der Waals surface area contributed by atoms with Gasteiger partial charge >= 0.3 is 0 Å². The highest BCUT2D eigenvalue weighted by atomic mass is 16.2. The molecular weight excluding hydrogens is 350 g/mol. The SMILES string of the molecule is CCCCCCCCCCCCCC(=O)NCC(=O)NN=Cc1ccccc1. The first-order chi connectivity index (χ1) is 13.7. The van der Waals surface area contributed by atoms with Crippen LogP contribution in [-0.2, 0) is 9.59 Å². The fraction of sp³-hybridized carbons (Fsp3) is 0.609. The van der Waals surface area contributed by atoms with Crippen LogP contribution in [0, 0.1) is 0 Å². The van der Waals surface area contributed by atoms with Gasteiger partial charge in [0.25, 0.3) is 5.91 Å². The van der Waals surface area contributed by atoms with Crippen molar-refractivity contribution in [3.63, 3.8) is 0 Å². The van der Waals surface area contributed by atoms with Crippen LogP contribution in [0.25, 0.3) is 0 Å². The molecule has 0 atom stereocenters. The van der Waals surface area contributed by atoms with E-state index in [9.17, 15) is 9.59 Å². The number of hydrogen-bond acceptors (Lipinski definition) is 3. The van der Waals surface area contributed by atoms with Crippen LogP contribution in [-0.4, -0.2) is 24.6 Å². The van der Waals surface area contributed by atoms with E-state index in [1.54, 1.807) is 6.21 Å². The lowest BCUT2D eigenvalue weighted by Gasteiger charge is -2.05.